The summed E-state index contributed by atoms with van der Waals surface area (Å²) in [5.74, 6) is 0.454. The number of hydrogen-bond acceptors (Lipinski definition) is 3. The van der Waals surface area contributed by atoms with Crippen LogP contribution in [0.5, 0.6) is 0 Å². The number of amides is 1. The van der Waals surface area contributed by atoms with Gasteiger partial charge < -0.3 is 5.11 Å². The van der Waals surface area contributed by atoms with E-state index in [0.29, 0.717) is 5.82 Å². The minimum atomic E-state index is -1.08. The molecule has 0 aromatic carbocycles. The number of rotatable bonds is 1. The van der Waals surface area contributed by atoms with E-state index in [1.54, 1.807) is 12.2 Å². The average Bonchev–Trinajstić information content (AvgIpc) is 2.01. The van der Waals surface area contributed by atoms with Crippen LogP contribution in [0, 0.1) is 0 Å². The third kappa shape index (κ3) is 2.69. The number of hydrazine groups is 1. The van der Waals surface area contributed by atoms with E-state index >= 15 is 0 Å². The van der Waals surface area contributed by atoms with E-state index in [1.165, 1.54) is 0 Å². The van der Waals surface area contributed by atoms with Gasteiger partial charge in [-0.1, -0.05) is 0 Å². The molecule has 1 aliphatic rings. The highest BCUT2D eigenvalue weighted by molar-refractivity contribution is 5.66. The van der Waals surface area contributed by atoms with Crippen molar-refractivity contribution in [2.75, 3.05) is 0 Å². The topological polar surface area (TPSA) is 64.6 Å². The van der Waals surface area contributed by atoms with Gasteiger partial charge in [-0.25, -0.2) is 4.79 Å². The fourth-order valence-electron chi connectivity index (χ4n) is 1.01. The average molecular weight is 197 g/mol. The summed E-state index contributed by atoms with van der Waals surface area (Å²) in [5.41, 5.74) is 2.84. The van der Waals surface area contributed by atoms with Crippen molar-refractivity contribution in [3.63, 3.8) is 0 Å². The third-order valence-corrected chi connectivity index (χ3v) is 1.70. The van der Waals surface area contributed by atoms with Crippen molar-refractivity contribution < 1.29 is 9.90 Å². The molecular weight excluding hydrogens is 182 g/mol. The Morgan fingerprint density at radius 1 is 1.57 bits per heavy atom. The Balaban J connectivity index is 2.64. The molecule has 0 saturated carbocycles. The van der Waals surface area contributed by atoms with Gasteiger partial charge in [-0.2, -0.15) is 0 Å². The van der Waals surface area contributed by atoms with Gasteiger partial charge in [0.05, 0.1) is 5.54 Å². The number of nitrogens with zero attached hydrogens (tertiary/aromatic N) is 1. The molecule has 0 aromatic heterocycles. The van der Waals surface area contributed by atoms with Crippen LogP contribution in [0.3, 0.4) is 0 Å². The van der Waals surface area contributed by atoms with Crippen molar-refractivity contribution in [1.29, 1.82) is 0 Å². The first-order chi connectivity index (χ1) is 6.39. The van der Waals surface area contributed by atoms with E-state index in [4.69, 9.17) is 5.11 Å². The summed E-state index contributed by atoms with van der Waals surface area (Å²) in [4.78, 5) is 10.4. The maximum atomic E-state index is 10.4. The molecule has 0 bridgehead atoms. The second kappa shape index (κ2) is 3.61. The van der Waals surface area contributed by atoms with Crippen molar-refractivity contribution in [3.05, 3.63) is 24.2 Å². The quantitative estimate of drug-likeness (QED) is 0.591. The van der Waals surface area contributed by atoms with E-state index in [0.717, 1.165) is 0 Å². The van der Waals surface area contributed by atoms with Crippen molar-refractivity contribution in [1.82, 2.24) is 15.8 Å². The first-order valence-electron chi connectivity index (χ1n) is 4.34. The summed E-state index contributed by atoms with van der Waals surface area (Å²) >= 11 is 0. The first kappa shape index (κ1) is 10.4. The molecule has 78 valence electrons. The molecule has 0 aliphatic carbocycles. The van der Waals surface area contributed by atoms with Crippen LogP contribution in [0.4, 0.5) is 4.79 Å². The molecule has 3 N–H and O–H groups in total. The smallest absolute Gasteiger partial charge is 0.410 e. The monoisotopic (exact) mass is 197 g/mol. The van der Waals surface area contributed by atoms with E-state index < -0.39 is 6.09 Å². The van der Waals surface area contributed by atoms with Gasteiger partial charge in [0.25, 0.3) is 0 Å². The Kier molecular flexibility index (Phi) is 2.69. The molecule has 5 nitrogen and oxygen atoms in total. The summed E-state index contributed by atoms with van der Waals surface area (Å²) in [6.07, 6.45) is 4.23. The molecule has 0 aromatic rings. The van der Waals surface area contributed by atoms with Gasteiger partial charge in [0.15, 0.2) is 0 Å². The summed E-state index contributed by atoms with van der Waals surface area (Å²) in [5, 5.41) is 12.6. The first-order valence-corrected chi connectivity index (χ1v) is 4.34. The fraction of sp³-hybridized carbons (Fsp3) is 0.444. The standard InChI is InChI=1S/C9H15N3O2/c1-9(2,3)12-6-4-5-7(11-12)10-8(13)14/h4-6,10-11H,1-3H3,(H,13,14). The molecule has 14 heavy (non-hydrogen) atoms. The van der Waals surface area contributed by atoms with E-state index in [2.05, 4.69) is 10.7 Å². The summed E-state index contributed by atoms with van der Waals surface area (Å²) < 4.78 is 0. The Hall–Kier alpha value is -1.65. The third-order valence-electron chi connectivity index (χ3n) is 1.70. The number of carbonyl (C=O) groups is 1. The zero-order valence-corrected chi connectivity index (χ0v) is 8.53. The van der Waals surface area contributed by atoms with Crippen LogP contribution in [0.1, 0.15) is 20.8 Å². The Morgan fingerprint density at radius 3 is 2.71 bits per heavy atom. The van der Waals surface area contributed by atoms with E-state index in [9.17, 15) is 4.79 Å². The Morgan fingerprint density at radius 2 is 2.21 bits per heavy atom. The number of carboxylic acid groups (broad SMARTS) is 1. The van der Waals surface area contributed by atoms with Crippen LogP contribution in [0.15, 0.2) is 24.2 Å². The lowest BCUT2D eigenvalue weighted by atomic mass is 10.1. The molecule has 1 amide bonds. The van der Waals surface area contributed by atoms with Gasteiger partial charge in [0.1, 0.15) is 5.82 Å². The Bertz CT molecular complexity index is 289. The van der Waals surface area contributed by atoms with Crippen molar-refractivity contribution in [3.8, 4) is 0 Å². The predicted molar refractivity (Wildman–Crippen MR) is 53.1 cm³/mol. The second-order valence-corrected chi connectivity index (χ2v) is 4.00. The zero-order valence-electron chi connectivity index (χ0n) is 8.53. The molecule has 0 unspecified atom stereocenters. The molecule has 0 atom stereocenters. The molecule has 0 radical (unpaired) electrons. The Labute approximate surface area is 83.1 Å². The minimum Gasteiger partial charge on any atom is -0.465 e. The molecular formula is C9H15N3O2. The number of nitrogens with one attached hydrogen (secondary N) is 2. The lowest BCUT2D eigenvalue weighted by molar-refractivity contribution is 0.144. The summed E-state index contributed by atoms with van der Waals surface area (Å²) in [6, 6.07) is 0. The lowest BCUT2D eigenvalue weighted by Crippen LogP contribution is -2.50. The highest BCUT2D eigenvalue weighted by atomic mass is 16.4. The highest BCUT2D eigenvalue weighted by Crippen LogP contribution is 2.13. The van der Waals surface area contributed by atoms with Crippen LogP contribution < -0.4 is 10.7 Å². The van der Waals surface area contributed by atoms with E-state index in [1.807, 2.05) is 32.0 Å². The van der Waals surface area contributed by atoms with Gasteiger partial charge in [-0.15, -0.1) is 0 Å². The molecule has 0 fully saturated rings. The molecule has 1 aliphatic heterocycles. The number of allylic oxidation sites excluding steroid dienone is 2. The van der Waals surface area contributed by atoms with Crippen LogP contribution in [-0.4, -0.2) is 21.7 Å². The summed E-state index contributed by atoms with van der Waals surface area (Å²) in [6.45, 7) is 6.07. The number of hydrogen-bond donors (Lipinski definition) is 3. The van der Waals surface area contributed by atoms with Crippen molar-refractivity contribution in [2.24, 2.45) is 0 Å². The van der Waals surface area contributed by atoms with Crippen molar-refractivity contribution >= 4 is 6.09 Å². The van der Waals surface area contributed by atoms with Gasteiger partial charge in [-0.3, -0.25) is 15.8 Å². The largest absolute Gasteiger partial charge is 0.465 e. The lowest BCUT2D eigenvalue weighted by Gasteiger charge is -2.37. The second-order valence-electron chi connectivity index (χ2n) is 4.00. The molecule has 1 rings (SSSR count). The minimum absolute atomic E-state index is 0.101. The maximum Gasteiger partial charge on any atom is 0.410 e. The van der Waals surface area contributed by atoms with E-state index in [-0.39, 0.29) is 5.54 Å². The molecule has 0 spiro atoms. The highest BCUT2D eigenvalue weighted by Gasteiger charge is 2.20. The summed E-state index contributed by atoms with van der Waals surface area (Å²) in [7, 11) is 0. The van der Waals surface area contributed by atoms with Gasteiger partial charge >= 0.3 is 6.09 Å². The van der Waals surface area contributed by atoms with Gasteiger partial charge in [0.2, 0.25) is 0 Å². The zero-order chi connectivity index (χ0) is 10.8. The van der Waals surface area contributed by atoms with Crippen LogP contribution in [0.2, 0.25) is 0 Å². The molecule has 0 saturated heterocycles. The van der Waals surface area contributed by atoms with Gasteiger partial charge in [-0.05, 0) is 32.9 Å². The predicted octanol–water partition coefficient (Wildman–Crippen LogP) is 1.23. The van der Waals surface area contributed by atoms with Crippen LogP contribution in [0.25, 0.3) is 0 Å². The van der Waals surface area contributed by atoms with Crippen LogP contribution >= 0.6 is 0 Å². The SMILES string of the molecule is CC(C)(C)N1C=CC=C(NC(=O)O)N1. The van der Waals surface area contributed by atoms with Crippen LogP contribution in [-0.2, 0) is 0 Å². The normalized spacial score (nSPS) is 15.9. The van der Waals surface area contributed by atoms with Crippen molar-refractivity contribution in [2.45, 2.75) is 26.3 Å². The molecule has 5 heteroatoms. The molecule has 1 heterocycles. The fourth-order valence-corrected chi connectivity index (χ4v) is 1.01. The maximum absolute atomic E-state index is 10.4. The van der Waals surface area contributed by atoms with Gasteiger partial charge in [0, 0.05) is 6.20 Å².